The molecule has 1 fully saturated rings. The van der Waals surface area contributed by atoms with Gasteiger partial charge in [-0.15, -0.1) is 0 Å². The SMILES string of the molecule is CC(C)(COCc1ccccc1)C(=O)N1CCC[C@](O)(C(N)=O)C1. The third-order valence-electron chi connectivity index (χ3n) is 4.37. The zero-order valence-electron chi connectivity index (χ0n) is 14.3. The van der Waals surface area contributed by atoms with Crippen molar-refractivity contribution < 1.29 is 19.4 Å². The molecule has 24 heavy (non-hydrogen) atoms. The molecule has 1 aromatic rings. The molecule has 0 spiro atoms. The van der Waals surface area contributed by atoms with E-state index in [2.05, 4.69) is 0 Å². The number of rotatable bonds is 6. The minimum Gasteiger partial charge on any atom is -0.378 e. The third-order valence-corrected chi connectivity index (χ3v) is 4.37. The first-order chi connectivity index (χ1) is 11.2. The van der Waals surface area contributed by atoms with Crippen LogP contribution in [0.15, 0.2) is 30.3 Å². The Balaban J connectivity index is 1.93. The van der Waals surface area contributed by atoms with Gasteiger partial charge in [0, 0.05) is 6.54 Å². The Hall–Kier alpha value is -1.92. The molecule has 0 aromatic heterocycles. The van der Waals surface area contributed by atoms with Crippen LogP contribution in [0.1, 0.15) is 32.3 Å². The van der Waals surface area contributed by atoms with Crippen molar-refractivity contribution in [1.82, 2.24) is 4.90 Å². The molecule has 1 heterocycles. The van der Waals surface area contributed by atoms with E-state index in [9.17, 15) is 14.7 Å². The molecule has 1 aliphatic rings. The fourth-order valence-electron chi connectivity index (χ4n) is 2.90. The molecule has 1 saturated heterocycles. The summed E-state index contributed by atoms with van der Waals surface area (Å²) in [4.78, 5) is 25.7. The number of carbonyl (C=O) groups is 2. The highest BCUT2D eigenvalue weighted by Gasteiger charge is 2.43. The molecular weight excluding hydrogens is 308 g/mol. The van der Waals surface area contributed by atoms with E-state index >= 15 is 0 Å². The molecule has 6 nitrogen and oxygen atoms in total. The molecule has 2 amide bonds. The van der Waals surface area contributed by atoms with Crippen LogP contribution in [0.25, 0.3) is 0 Å². The van der Waals surface area contributed by atoms with Gasteiger partial charge in [-0.3, -0.25) is 9.59 Å². The van der Waals surface area contributed by atoms with Crippen molar-refractivity contribution in [1.29, 1.82) is 0 Å². The number of hydrogen-bond acceptors (Lipinski definition) is 4. The first kappa shape index (κ1) is 18.4. The predicted octanol–water partition coefficient (Wildman–Crippen LogP) is 1.07. The highest BCUT2D eigenvalue weighted by molar-refractivity contribution is 5.86. The number of amides is 2. The number of ether oxygens (including phenoxy) is 1. The lowest BCUT2D eigenvalue weighted by Gasteiger charge is -2.40. The lowest BCUT2D eigenvalue weighted by atomic mass is 9.87. The molecule has 2 rings (SSSR count). The largest absolute Gasteiger partial charge is 0.378 e. The maximum atomic E-state index is 12.8. The van der Waals surface area contributed by atoms with Crippen molar-refractivity contribution in [3.8, 4) is 0 Å². The number of carbonyl (C=O) groups excluding carboxylic acids is 2. The van der Waals surface area contributed by atoms with Crippen LogP contribution in [0.5, 0.6) is 0 Å². The summed E-state index contributed by atoms with van der Waals surface area (Å²) in [6.07, 6.45) is 0.836. The minimum absolute atomic E-state index is 0.0523. The molecule has 1 aliphatic heterocycles. The highest BCUT2D eigenvalue weighted by atomic mass is 16.5. The van der Waals surface area contributed by atoms with Crippen molar-refractivity contribution >= 4 is 11.8 Å². The molecule has 1 atom stereocenters. The van der Waals surface area contributed by atoms with Crippen molar-refractivity contribution in [2.24, 2.45) is 11.1 Å². The van der Waals surface area contributed by atoms with Gasteiger partial charge in [-0.1, -0.05) is 30.3 Å². The normalized spacial score (nSPS) is 21.5. The molecule has 1 aromatic carbocycles. The zero-order chi connectivity index (χ0) is 17.8. The van der Waals surface area contributed by atoms with Crippen LogP contribution < -0.4 is 5.73 Å². The zero-order valence-corrected chi connectivity index (χ0v) is 14.3. The van der Waals surface area contributed by atoms with Crippen LogP contribution in [0.4, 0.5) is 0 Å². The summed E-state index contributed by atoms with van der Waals surface area (Å²) in [5.41, 5.74) is 3.93. The van der Waals surface area contributed by atoms with Crippen LogP contribution >= 0.6 is 0 Å². The van der Waals surface area contributed by atoms with E-state index in [1.54, 1.807) is 13.8 Å². The summed E-state index contributed by atoms with van der Waals surface area (Å²) in [5.74, 6) is -0.923. The molecule has 3 N–H and O–H groups in total. The standard InChI is InChI=1S/C18H26N2O4/c1-17(2,13-24-11-14-7-4-3-5-8-14)16(22)20-10-6-9-18(23,12-20)15(19)21/h3-5,7-8,23H,6,9-13H2,1-2H3,(H2,19,21)/t18-/m1/s1. The van der Waals surface area contributed by atoms with Gasteiger partial charge >= 0.3 is 0 Å². The second-order valence-electron chi connectivity index (χ2n) is 7.09. The average Bonchev–Trinajstić information content (AvgIpc) is 2.55. The first-order valence-electron chi connectivity index (χ1n) is 8.18. The molecule has 6 heteroatoms. The number of piperidine rings is 1. The van der Waals surface area contributed by atoms with Gasteiger partial charge in [0.2, 0.25) is 5.91 Å². The molecule has 0 aliphatic carbocycles. The lowest BCUT2D eigenvalue weighted by Crippen LogP contribution is -2.59. The predicted molar refractivity (Wildman–Crippen MR) is 89.8 cm³/mol. The Morgan fingerprint density at radius 2 is 2.00 bits per heavy atom. The quantitative estimate of drug-likeness (QED) is 0.814. The number of nitrogens with two attached hydrogens (primary N) is 1. The molecule has 0 bridgehead atoms. The fraction of sp³-hybridized carbons (Fsp3) is 0.556. The summed E-state index contributed by atoms with van der Waals surface area (Å²) < 4.78 is 5.69. The molecule has 0 radical (unpaired) electrons. The van der Waals surface area contributed by atoms with Gasteiger partial charge in [-0.25, -0.2) is 0 Å². The van der Waals surface area contributed by atoms with Gasteiger partial charge in [0.15, 0.2) is 5.60 Å². The van der Waals surface area contributed by atoms with Crippen LogP contribution in [-0.4, -0.2) is 47.1 Å². The highest BCUT2D eigenvalue weighted by Crippen LogP contribution is 2.26. The Labute approximate surface area is 142 Å². The van der Waals surface area contributed by atoms with E-state index in [-0.39, 0.29) is 25.5 Å². The van der Waals surface area contributed by atoms with Crippen LogP contribution in [0.2, 0.25) is 0 Å². The Bertz CT molecular complexity index is 588. The molecule has 132 valence electrons. The van der Waals surface area contributed by atoms with Gasteiger partial charge < -0.3 is 20.5 Å². The van der Waals surface area contributed by atoms with Crippen molar-refractivity contribution in [3.63, 3.8) is 0 Å². The third kappa shape index (κ3) is 4.33. The van der Waals surface area contributed by atoms with E-state index in [0.717, 1.165) is 5.56 Å². The van der Waals surface area contributed by atoms with E-state index in [1.807, 2.05) is 30.3 Å². The Morgan fingerprint density at radius 1 is 1.33 bits per heavy atom. The summed E-state index contributed by atoms with van der Waals surface area (Å²) in [6.45, 7) is 4.76. The van der Waals surface area contributed by atoms with Crippen LogP contribution in [0.3, 0.4) is 0 Å². The van der Waals surface area contributed by atoms with E-state index in [1.165, 1.54) is 4.90 Å². The maximum Gasteiger partial charge on any atom is 0.251 e. The van der Waals surface area contributed by atoms with Crippen LogP contribution in [-0.2, 0) is 20.9 Å². The lowest BCUT2D eigenvalue weighted by molar-refractivity contribution is -0.156. The Kier molecular flexibility index (Phi) is 5.62. The second-order valence-corrected chi connectivity index (χ2v) is 7.09. The van der Waals surface area contributed by atoms with Crippen molar-refractivity contribution in [2.75, 3.05) is 19.7 Å². The number of benzene rings is 1. The average molecular weight is 334 g/mol. The number of likely N-dealkylation sites (tertiary alicyclic amines) is 1. The second kappa shape index (κ2) is 7.32. The van der Waals surface area contributed by atoms with Gasteiger partial charge in [-0.2, -0.15) is 0 Å². The number of aliphatic hydroxyl groups is 1. The monoisotopic (exact) mass is 334 g/mol. The number of hydrogen-bond donors (Lipinski definition) is 2. The minimum atomic E-state index is -1.63. The maximum absolute atomic E-state index is 12.8. The summed E-state index contributed by atoms with van der Waals surface area (Å²) >= 11 is 0. The van der Waals surface area contributed by atoms with Crippen molar-refractivity contribution in [2.45, 2.75) is 38.9 Å². The van der Waals surface area contributed by atoms with E-state index < -0.39 is 16.9 Å². The first-order valence-corrected chi connectivity index (χ1v) is 8.18. The van der Waals surface area contributed by atoms with Gasteiger partial charge in [0.05, 0.1) is 25.2 Å². The Morgan fingerprint density at radius 3 is 2.62 bits per heavy atom. The van der Waals surface area contributed by atoms with Crippen molar-refractivity contribution in [3.05, 3.63) is 35.9 Å². The van der Waals surface area contributed by atoms with Gasteiger partial charge in [0.1, 0.15) is 0 Å². The molecular formula is C18H26N2O4. The van der Waals surface area contributed by atoms with Gasteiger partial charge in [0.25, 0.3) is 5.91 Å². The topological polar surface area (TPSA) is 92.9 Å². The van der Waals surface area contributed by atoms with E-state index in [0.29, 0.717) is 19.6 Å². The summed E-state index contributed by atoms with van der Waals surface area (Å²) in [7, 11) is 0. The smallest absolute Gasteiger partial charge is 0.251 e. The molecule has 0 saturated carbocycles. The number of primary amides is 1. The summed E-state index contributed by atoms with van der Waals surface area (Å²) in [5, 5.41) is 10.3. The molecule has 0 unspecified atom stereocenters. The van der Waals surface area contributed by atoms with Gasteiger partial charge in [-0.05, 0) is 32.3 Å². The number of β-amino-alcohol motifs (C(OH)–C–C–N with tert-alkyl or cyclic N) is 1. The van der Waals surface area contributed by atoms with Crippen LogP contribution in [0, 0.1) is 5.41 Å². The number of nitrogens with zero attached hydrogens (tertiary/aromatic N) is 1. The fourth-order valence-corrected chi connectivity index (χ4v) is 2.90. The summed E-state index contributed by atoms with van der Waals surface area (Å²) in [6, 6.07) is 9.74. The van der Waals surface area contributed by atoms with E-state index in [4.69, 9.17) is 10.5 Å².